The third-order valence-corrected chi connectivity index (χ3v) is 5.66. The van der Waals surface area contributed by atoms with Gasteiger partial charge in [0, 0.05) is 0 Å². The molecule has 0 radical (unpaired) electrons. The van der Waals surface area contributed by atoms with Crippen LogP contribution in [0.3, 0.4) is 0 Å². The van der Waals surface area contributed by atoms with Gasteiger partial charge in [-0.2, -0.15) is 8.42 Å². The Kier molecular flexibility index (Phi) is 8.17. The predicted octanol–water partition coefficient (Wildman–Crippen LogP) is 5.92. The quantitative estimate of drug-likeness (QED) is 0.362. The molecule has 0 aliphatic heterocycles. The van der Waals surface area contributed by atoms with Crippen molar-refractivity contribution in [3.05, 3.63) is 59.7 Å². The van der Waals surface area contributed by atoms with E-state index in [0.717, 1.165) is 36.8 Å². The molecule has 2 aromatic carbocycles. The van der Waals surface area contributed by atoms with E-state index in [1.807, 2.05) is 12.1 Å². The summed E-state index contributed by atoms with van der Waals surface area (Å²) in [5.74, 6) is 0.425. The molecule has 3 nitrogen and oxygen atoms in total. The molecule has 0 spiro atoms. The summed E-state index contributed by atoms with van der Waals surface area (Å²) < 4.78 is 30.5. The Morgan fingerprint density at radius 1 is 0.769 bits per heavy atom. The summed E-state index contributed by atoms with van der Waals surface area (Å²) in [6.45, 7) is 4.37. The van der Waals surface area contributed by atoms with E-state index in [1.165, 1.54) is 25.7 Å². The van der Waals surface area contributed by atoms with Crippen LogP contribution in [0.25, 0.3) is 0 Å². The van der Waals surface area contributed by atoms with Crippen molar-refractivity contribution >= 4 is 10.1 Å². The van der Waals surface area contributed by atoms with E-state index in [0.29, 0.717) is 5.75 Å². The molecule has 0 atom stereocenters. The van der Waals surface area contributed by atoms with Gasteiger partial charge < -0.3 is 4.18 Å². The molecular formula is C22H30O3S. The summed E-state index contributed by atoms with van der Waals surface area (Å²) in [6, 6.07) is 14.3. The highest BCUT2D eigenvalue weighted by Crippen LogP contribution is 2.24. The summed E-state index contributed by atoms with van der Waals surface area (Å²) >= 11 is 0. The summed E-state index contributed by atoms with van der Waals surface area (Å²) in [7, 11) is -3.80. The Bertz CT molecular complexity index is 739. The lowest BCUT2D eigenvalue weighted by molar-refractivity contribution is 0.485. The van der Waals surface area contributed by atoms with Crippen LogP contribution in [0.1, 0.15) is 63.5 Å². The van der Waals surface area contributed by atoms with Gasteiger partial charge in [0.1, 0.15) is 10.6 Å². The first-order chi connectivity index (χ1) is 12.5. The molecule has 0 aromatic heterocycles. The lowest BCUT2D eigenvalue weighted by Crippen LogP contribution is -2.10. The minimum Gasteiger partial charge on any atom is -0.379 e. The molecule has 0 saturated heterocycles. The van der Waals surface area contributed by atoms with Crippen LogP contribution in [-0.2, 0) is 23.0 Å². The molecule has 0 heterocycles. The Hall–Kier alpha value is -1.81. The summed E-state index contributed by atoms with van der Waals surface area (Å²) in [5, 5.41) is 0. The van der Waals surface area contributed by atoms with Crippen molar-refractivity contribution in [2.24, 2.45) is 0 Å². The molecule has 0 amide bonds. The fraction of sp³-hybridized carbons (Fsp3) is 0.455. The van der Waals surface area contributed by atoms with Crippen molar-refractivity contribution in [3.8, 4) is 5.75 Å². The van der Waals surface area contributed by atoms with Gasteiger partial charge in [-0.3, -0.25) is 0 Å². The first kappa shape index (κ1) is 20.5. The summed E-state index contributed by atoms with van der Waals surface area (Å²) in [6.07, 6.45) is 8.83. The molecule has 2 aromatic rings. The summed E-state index contributed by atoms with van der Waals surface area (Å²) in [4.78, 5) is 0.184. The van der Waals surface area contributed by atoms with Crippen molar-refractivity contribution in [3.63, 3.8) is 0 Å². The van der Waals surface area contributed by atoms with Crippen molar-refractivity contribution in [1.82, 2.24) is 0 Å². The molecule has 0 fully saturated rings. The van der Waals surface area contributed by atoms with E-state index < -0.39 is 10.1 Å². The number of aryl methyl sites for hydroxylation is 2. The highest BCUT2D eigenvalue weighted by molar-refractivity contribution is 7.87. The topological polar surface area (TPSA) is 43.4 Å². The highest BCUT2D eigenvalue weighted by Gasteiger charge is 2.16. The first-order valence-corrected chi connectivity index (χ1v) is 11.1. The monoisotopic (exact) mass is 374 g/mol. The van der Waals surface area contributed by atoms with Gasteiger partial charge in [-0.1, -0.05) is 63.8 Å². The SMILES string of the molecule is CCCCCc1cc(CCCCC)cc(OS(=O)(=O)c2ccccc2)c1. The third kappa shape index (κ3) is 6.49. The van der Waals surface area contributed by atoms with Gasteiger partial charge in [0.15, 0.2) is 0 Å². The Balaban J connectivity index is 2.21. The first-order valence-electron chi connectivity index (χ1n) is 9.67. The van der Waals surface area contributed by atoms with E-state index in [4.69, 9.17) is 4.18 Å². The van der Waals surface area contributed by atoms with E-state index in [1.54, 1.807) is 30.3 Å². The van der Waals surface area contributed by atoms with Crippen LogP contribution in [0, 0.1) is 0 Å². The van der Waals surface area contributed by atoms with Gasteiger partial charge in [0.2, 0.25) is 0 Å². The molecule has 2 rings (SSSR count). The van der Waals surface area contributed by atoms with Crippen LogP contribution in [0.2, 0.25) is 0 Å². The van der Waals surface area contributed by atoms with Gasteiger partial charge >= 0.3 is 10.1 Å². The molecule has 0 unspecified atom stereocenters. The van der Waals surface area contributed by atoms with E-state index in [9.17, 15) is 8.42 Å². The molecule has 0 aliphatic carbocycles. The standard InChI is InChI=1S/C22H30O3S/c1-3-5-8-12-19-16-20(13-9-6-4-2)18-21(17-19)25-26(23,24)22-14-10-7-11-15-22/h7,10-11,14-18H,3-6,8-9,12-13H2,1-2H3. The smallest absolute Gasteiger partial charge is 0.339 e. The van der Waals surface area contributed by atoms with Gasteiger partial charge in [-0.05, 0) is 61.1 Å². The average Bonchev–Trinajstić information content (AvgIpc) is 2.62. The maximum atomic E-state index is 12.5. The largest absolute Gasteiger partial charge is 0.379 e. The number of hydrogen-bond donors (Lipinski definition) is 0. The highest BCUT2D eigenvalue weighted by atomic mass is 32.2. The maximum Gasteiger partial charge on any atom is 0.339 e. The van der Waals surface area contributed by atoms with Crippen molar-refractivity contribution in [2.45, 2.75) is 70.1 Å². The number of unbranched alkanes of at least 4 members (excludes halogenated alkanes) is 4. The predicted molar refractivity (Wildman–Crippen MR) is 107 cm³/mol. The fourth-order valence-electron chi connectivity index (χ4n) is 2.99. The van der Waals surface area contributed by atoms with Gasteiger partial charge in [-0.25, -0.2) is 0 Å². The molecule has 142 valence electrons. The number of benzene rings is 2. The number of rotatable bonds is 11. The van der Waals surface area contributed by atoms with Gasteiger partial charge in [0.05, 0.1) is 0 Å². The maximum absolute atomic E-state index is 12.5. The average molecular weight is 375 g/mol. The van der Waals surface area contributed by atoms with Crippen LogP contribution in [-0.4, -0.2) is 8.42 Å². The lowest BCUT2D eigenvalue weighted by atomic mass is 10.0. The Labute approximate surface area is 158 Å². The molecule has 4 heteroatoms. The zero-order chi connectivity index (χ0) is 18.8. The lowest BCUT2D eigenvalue weighted by Gasteiger charge is -2.12. The van der Waals surface area contributed by atoms with Crippen molar-refractivity contribution in [1.29, 1.82) is 0 Å². The van der Waals surface area contributed by atoms with Crippen LogP contribution in [0.5, 0.6) is 5.75 Å². The van der Waals surface area contributed by atoms with E-state index >= 15 is 0 Å². The minimum absolute atomic E-state index is 0.184. The molecule has 0 aliphatic rings. The molecule has 0 bridgehead atoms. The number of hydrogen-bond acceptors (Lipinski definition) is 3. The zero-order valence-corrected chi connectivity index (χ0v) is 16.7. The van der Waals surface area contributed by atoms with E-state index in [2.05, 4.69) is 19.9 Å². The van der Waals surface area contributed by atoms with Gasteiger partial charge in [-0.15, -0.1) is 0 Å². The summed E-state index contributed by atoms with van der Waals surface area (Å²) in [5.41, 5.74) is 2.32. The molecule has 0 N–H and O–H groups in total. The van der Waals surface area contributed by atoms with Gasteiger partial charge in [0.25, 0.3) is 0 Å². The Morgan fingerprint density at radius 3 is 1.81 bits per heavy atom. The fourth-order valence-corrected chi connectivity index (χ4v) is 3.92. The minimum atomic E-state index is -3.80. The Morgan fingerprint density at radius 2 is 1.31 bits per heavy atom. The normalized spacial score (nSPS) is 11.5. The van der Waals surface area contributed by atoms with E-state index in [-0.39, 0.29) is 4.90 Å². The third-order valence-electron chi connectivity index (χ3n) is 4.40. The second kappa shape index (κ2) is 10.4. The van der Waals surface area contributed by atoms with Crippen molar-refractivity contribution in [2.75, 3.05) is 0 Å². The van der Waals surface area contributed by atoms with Crippen LogP contribution >= 0.6 is 0 Å². The zero-order valence-electron chi connectivity index (χ0n) is 15.9. The molecule has 26 heavy (non-hydrogen) atoms. The van der Waals surface area contributed by atoms with Crippen LogP contribution in [0.4, 0.5) is 0 Å². The van der Waals surface area contributed by atoms with Crippen LogP contribution in [0.15, 0.2) is 53.4 Å². The van der Waals surface area contributed by atoms with Crippen molar-refractivity contribution < 1.29 is 12.6 Å². The van der Waals surface area contributed by atoms with Crippen LogP contribution < -0.4 is 4.18 Å². The second-order valence-electron chi connectivity index (χ2n) is 6.75. The second-order valence-corrected chi connectivity index (χ2v) is 8.30. The molecule has 0 saturated carbocycles. The molecular weight excluding hydrogens is 344 g/mol.